The Morgan fingerprint density at radius 3 is 2.56 bits per heavy atom. The smallest absolute Gasteiger partial charge is 0.239 e. The molecule has 6 nitrogen and oxygen atoms in total. The molecule has 16 heavy (non-hydrogen) atoms. The highest BCUT2D eigenvalue weighted by Gasteiger charge is 2.09. The van der Waals surface area contributed by atoms with E-state index in [1.807, 2.05) is 0 Å². The number of carbonyl (C=O) groups is 2. The van der Waals surface area contributed by atoms with Crippen molar-refractivity contribution in [1.82, 2.24) is 20.9 Å². The molecule has 1 fully saturated rings. The minimum absolute atomic E-state index is 0.0664. The summed E-state index contributed by atoms with van der Waals surface area (Å²) in [4.78, 5) is 24.1. The number of carbonyl (C=O) groups excluding carboxylic acids is 2. The Bertz CT molecular complexity index is 239. The van der Waals surface area contributed by atoms with Crippen LogP contribution in [0.1, 0.15) is 6.92 Å². The van der Waals surface area contributed by atoms with Crippen LogP contribution in [0.5, 0.6) is 0 Å². The molecule has 1 aliphatic heterocycles. The molecule has 1 heterocycles. The Morgan fingerprint density at radius 2 is 1.94 bits per heavy atom. The average molecular weight is 228 g/mol. The van der Waals surface area contributed by atoms with Gasteiger partial charge in [-0.05, 0) is 0 Å². The van der Waals surface area contributed by atoms with E-state index in [1.54, 1.807) is 0 Å². The molecule has 3 N–H and O–H groups in total. The summed E-state index contributed by atoms with van der Waals surface area (Å²) in [5, 5.41) is 8.50. The third-order valence-electron chi connectivity index (χ3n) is 2.46. The molecule has 1 rings (SSSR count). The Hall–Kier alpha value is -1.14. The average Bonchev–Trinajstić information content (AvgIpc) is 2.28. The molecule has 6 heteroatoms. The maximum absolute atomic E-state index is 11.2. The van der Waals surface area contributed by atoms with Crippen LogP contribution >= 0.6 is 0 Å². The number of rotatable bonds is 5. The molecule has 0 saturated carbocycles. The first-order chi connectivity index (χ1) is 7.68. The quantitative estimate of drug-likeness (QED) is 0.516. The van der Waals surface area contributed by atoms with Gasteiger partial charge in [0, 0.05) is 46.2 Å². The van der Waals surface area contributed by atoms with Crippen LogP contribution in [0.4, 0.5) is 0 Å². The van der Waals surface area contributed by atoms with Crippen LogP contribution in [0.25, 0.3) is 0 Å². The van der Waals surface area contributed by atoms with Crippen LogP contribution in [-0.4, -0.2) is 62.5 Å². The van der Waals surface area contributed by atoms with Gasteiger partial charge in [0.1, 0.15) is 0 Å². The zero-order valence-corrected chi connectivity index (χ0v) is 9.71. The molecule has 1 saturated heterocycles. The van der Waals surface area contributed by atoms with Gasteiger partial charge in [-0.3, -0.25) is 14.5 Å². The van der Waals surface area contributed by atoms with Crippen molar-refractivity contribution in [2.24, 2.45) is 0 Å². The van der Waals surface area contributed by atoms with Crippen molar-refractivity contribution in [2.45, 2.75) is 6.92 Å². The predicted octanol–water partition coefficient (Wildman–Crippen LogP) is -1.86. The lowest BCUT2D eigenvalue weighted by molar-refractivity contribution is -0.125. The van der Waals surface area contributed by atoms with Gasteiger partial charge in [0.2, 0.25) is 11.8 Å². The van der Waals surface area contributed by atoms with Crippen LogP contribution in [0.15, 0.2) is 0 Å². The van der Waals surface area contributed by atoms with Crippen molar-refractivity contribution in [3.63, 3.8) is 0 Å². The van der Waals surface area contributed by atoms with Crippen molar-refractivity contribution < 1.29 is 9.59 Å². The van der Waals surface area contributed by atoms with Gasteiger partial charge < -0.3 is 16.0 Å². The van der Waals surface area contributed by atoms with Crippen LogP contribution in [0.2, 0.25) is 0 Å². The van der Waals surface area contributed by atoms with E-state index in [-0.39, 0.29) is 18.4 Å². The molecule has 92 valence electrons. The second-order valence-electron chi connectivity index (χ2n) is 3.85. The lowest BCUT2D eigenvalue weighted by Gasteiger charge is -2.27. The van der Waals surface area contributed by atoms with Crippen molar-refractivity contribution in [3.05, 3.63) is 0 Å². The highest BCUT2D eigenvalue weighted by molar-refractivity contribution is 5.83. The molecule has 0 unspecified atom stereocenters. The first-order valence-corrected chi connectivity index (χ1v) is 5.62. The van der Waals surface area contributed by atoms with Gasteiger partial charge in [-0.25, -0.2) is 0 Å². The molecule has 0 radical (unpaired) electrons. The van der Waals surface area contributed by atoms with Gasteiger partial charge in [0.15, 0.2) is 0 Å². The molecule has 0 aromatic carbocycles. The van der Waals surface area contributed by atoms with Crippen molar-refractivity contribution >= 4 is 11.8 Å². The summed E-state index contributed by atoms with van der Waals surface area (Å²) in [5.74, 6) is -0.317. The number of piperazine rings is 1. The lowest BCUT2D eigenvalue weighted by Crippen LogP contribution is -2.47. The fourth-order valence-corrected chi connectivity index (χ4v) is 1.56. The maximum Gasteiger partial charge on any atom is 0.239 e. The minimum atomic E-state index is -0.183. The summed E-state index contributed by atoms with van der Waals surface area (Å²) < 4.78 is 0. The second kappa shape index (κ2) is 7.19. The second-order valence-corrected chi connectivity index (χ2v) is 3.85. The van der Waals surface area contributed by atoms with E-state index >= 15 is 0 Å². The van der Waals surface area contributed by atoms with Gasteiger partial charge >= 0.3 is 0 Å². The molecule has 2 amide bonds. The highest BCUT2D eigenvalue weighted by atomic mass is 16.2. The topological polar surface area (TPSA) is 73.5 Å². The lowest BCUT2D eigenvalue weighted by atomic mass is 10.3. The molecule has 0 aliphatic carbocycles. The van der Waals surface area contributed by atoms with Crippen molar-refractivity contribution in [1.29, 1.82) is 0 Å². The monoisotopic (exact) mass is 228 g/mol. The number of hydrogen-bond acceptors (Lipinski definition) is 4. The summed E-state index contributed by atoms with van der Waals surface area (Å²) >= 11 is 0. The highest BCUT2D eigenvalue weighted by Crippen LogP contribution is 1.89. The third-order valence-corrected chi connectivity index (χ3v) is 2.46. The number of nitrogens with one attached hydrogen (secondary N) is 3. The molecule has 0 aromatic rings. The Balaban J connectivity index is 2.01. The Morgan fingerprint density at radius 1 is 1.25 bits per heavy atom. The molecule has 0 spiro atoms. The van der Waals surface area contributed by atoms with E-state index < -0.39 is 0 Å². The van der Waals surface area contributed by atoms with Gasteiger partial charge in [0.25, 0.3) is 0 Å². The molecule has 0 bridgehead atoms. The van der Waals surface area contributed by atoms with E-state index in [9.17, 15) is 9.59 Å². The number of hydrogen-bond donors (Lipinski definition) is 3. The first-order valence-electron chi connectivity index (χ1n) is 5.62. The van der Waals surface area contributed by atoms with Crippen molar-refractivity contribution in [3.8, 4) is 0 Å². The third kappa shape index (κ3) is 5.67. The minimum Gasteiger partial charge on any atom is -0.353 e. The van der Waals surface area contributed by atoms with E-state index in [4.69, 9.17) is 0 Å². The normalized spacial score (nSPS) is 16.8. The van der Waals surface area contributed by atoms with Crippen LogP contribution in [0, 0.1) is 0 Å². The van der Waals surface area contributed by atoms with Gasteiger partial charge in [-0.15, -0.1) is 0 Å². The number of amides is 2. The Kier molecular flexibility index (Phi) is 5.81. The summed E-state index contributed by atoms with van der Waals surface area (Å²) in [6, 6.07) is 0. The van der Waals surface area contributed by atoms with Crippen LogP contribution in [-0.2, 0) is 9.59 Å². The molecular formula is C10H20N4O2. The largest absolute Gasteiger partial charge is 0.353 e. The van der Waals surface area contributed by atoms with Gasteiger partial charge in [0.05, 0.1) is 6.54 Å². The summed E-state index contributed by atoms with van der Waals surface area (Å²) in [6.45, 7) is 7.06. The fourth-order valence-electron chi connectivity index (χ4n) is 1.56. The van der Waals surface area contributed by atoms with Gasteiger partial charge in [-0.2, -0.15) is 0 Å². The van der Waals surface area contributed by atoms with Crippen LogP contribution in [0.3, 0.4) is 0 Å². The number of nitrogens with zero attached hydrogens (tertiary/aromatic N) is 1. The summed E-state index contributed by atoms with van der Waals surface area (Å²) in [7, 11) is 0. The van der Waals surface area contributed by atoms with Crippen LogP contribution < -0.4 is 16.0 Å². The van der Waals surface area contributed by atoms with E-state index in [2.05, 4.69) is 20.9 Å². The van der Waals surface area contributed by atoms with Gasteiger partial charge in [-0.1, -0.05) is 0 Å². The molecule has 1 aliphatic rings. The summed E-state index contributed by atoms with van der Waals surface area (Å²) in [6.07, 6.45) is 0. The molecule has 0 atom stereocenters. The van der Waals surface area contributed by atoms with E-state index in [1.165, 1.54) is 6.92 Å². The zero-order chi connectivity index (χ0) is 11.8. The van der Waals surface area contributed by atoms with Crippen molar-refractivity contribution in [2.75, 3.05) is 45.8 Å². The fraction of sp³-hybridized carbons (Fsp3) is 0.800. The molecule has 0 aromatic heterocycles. The zero-order valence-electron chi connectivity index (χ0n) is 9.71. The summed E-state index contributed by atoms with van der Waals surface area (Å²) in [5.41, 5.74) is 0. The standard InChI is InChI=1S/C10H20N4O2/c1-9(15)13-8-10(16)12-4-7-14-5-2-11-3-6-14/h11H,2-8H2,1H3,(H,12,16)(H,13,15). The Labute approximate surface area is 95.8 Å². The SMILES string of the molecule is CC(=O)NCC(=O)NCCN1CCNCC1. The first kappa shape index (κ1) is 12.9. The molecular weight excluding hydrogens is 208 g/mol. The van der Waals surface area contributed by atoms with E-state index in [0.717, 1.165) is 32.7 Å². The maximum atomic E-state index is 11.2. The predicted molar refractivity (Wildman–Crippen MR) is 61.0 cm³/mol. The van der Waals surface area contributed by atoms with E-state index in [0.29, 0.717) is 6.54 Å².